The maximum atomic E-state index is 14.7. The molecule has 0 fully saturated rings. The number of nitrogens with zero attached hydrogens (tertiary/aromatic N) is 1. The smallest absolute Gasteiger partial charge is 0.257 e. The largest absolute Gasteiger partial charge is 0.322 e. The van der Waals surface area contributed by atoms with E-state index in [1.807, 2.05) is 61.8 Å². The average molecular weight is 461 g/mol. The second kappa shape index (κ2) is 9.72. The molecular formula is C28H26ClFN2O. The van der Waals surface area contributed by atoms with E-state index in [0.717, 1.165) is 21.9 Å². The minimum Gasteiger partial charge on any atom is -0.322 e. The van der Waals surface area contributed by atoms with Gasteiger partial charge in [-0.3, -0.25) is 9.78 Å². The van der Waals surface area contributed by atoms with Gasteiger partial charge in [-0.25, -0.2) is 4.39 Å². The highest BCUT2D eigenvalue weighted by Crippen LogP contribution is 2.26. The van der Waals surface area contributed by atoms with Gasteiger partial charge in [-0.2, -0.15) is 0 Å². The van der Waals surface area contributed by atoms with Crippen molar-refractivity contribution in [1.82, 2.24) is 4.98 Å². The molecule has 168 valence electrons. The summed E-state index contributed by atoms with van der Waals surface area (Å²) < 4.78 is 14.7. The number of aromatic nitrogens is 1. The van der Waals surface area contributed by atoms with Gasteiger partial charge in [0.25, 0.3) is 5.91 Å². The van der Waals surface area contributed by atoms with Crippen molar-refractivity contribution < 1.29 is 9.18 Å². The fraction of sp³-hybridized carbons (Fsp3) is 0.214. The van der Waals surface area contributed by atoms with Crippen molar-refractivity contribution in [2.45, 2.75) is 39.5 Å². The summed E-state index contributed by atoms with van der Waals surface area (Å²) in [5.74, 6) is -0.368. The maximum Gasteiger partial charge on any atom is 0.257 e. The van der Waals surface area contributed by atoms with Gasteiger partial charge in [0.1, 0.15) is 5.82 Å². The third-order valence-electron chi connectivity index (χ3n) is 5.94. The molecule has 0 unspecified atom stereocenters. The summed E-state index contributed by atoms with van der Waals surface area (Å²) in [6.07, 6.45) is 4.66. The molecule has 1 amide bonds. The van der Waals surface area contributed by atoms with Crippen molar-refractivity contribution in [3.63, 3.8) is 0 Å². The number of carbonyl (C=O) groups is 1. The van der Waals surface area contributed by atoms with E-state index in [0.29, 0.717) is 30.0 Å². The third-order valence-corrected chi connectivity index (χ3v) is 6.26. The molecular weight excluding hydrogens is 435 g/mol. The molecule has 0 bridgehead atoms. The van der Waals surface area contributed by atoms with Gasteiger partial charge in [-0.1, -0.05) is 55.8 Å². The number of nitrogens with one attached hydrogen (secondary N) is 1. The standard InChI is InChI=1S/C28H26ClFN2O/c1-17(2)23-11-10-22(12-18(23)3)32-28(33)25-13-19(27(30)14-26(25)29)8-9-21-16-31-15-20-6-4-5-7-24(20)21/h4-7,10-17H,8-9H2,1-3H3,(H,32,33). The molecule has 4 aromatic rings. The van der Waals surface area contributed by atoms with Crippen molar-refractivity contribution in [2.24, 2.45) is 0 Å². The molecule has 0 saturated carbocycles. The Morgan fingerprint density at radius 2 is 1.79 bits per heavy atom. The van der Waals surface area contributed by atoms with Crippen LogP contribution in [-0.4, -0.2) is 10.9 Å². The van der Waals surface area contributed by atoms with Gasteiger partial charge in [0.05, 0.1) is 10.6 Å². The number of aryl methyl sites for hydroxylation is 3. The number of carbonyl (C=O) groups excluding carboxylic acids is 1. The van der Waals surface area contributed by atoms with Gasteiger partial charge in [0.2, 0.25) is 0 Å². The van der Waals surface area contributed by atoms with E-state index in [4.69, 9.17) is 11.6 Å². The molecule has 3 nitrogen and oxygen atoms in total. The van der Waals surface area contributed by atoms with Crippen LogP contribution >= 0.6 is 11.6 Å². The molecule has 4 rings (SSSR count). The van der Waals surface area contributed by atoms with Crippen LogP contribution in [0.4, 0.5) is 10.1 Å². The van der Waals surface area contributed by atoms with E-state index in [1.165, 1.54) is 11.6 Å². The van der Waals surface area contributed by atoms with E-state index >= 15 is 0 Å². The van der Waals surface area contributed by atoms with Gasteiger partial charge >= 0.3 is 0 Å². The van der Waals surface area contributed by atoms with Gasteiger partial charge in [-0.15, -0.1) is 0 Å². The number of hydrogen-bond acceptors (Lipinski definition) is 2. The summed E-state index contributed by atoms with van der Waals surface area (Å²) in [7, 11) is 0. The van der Waals surface area contributed by atoms with Crippen LogP contribution in [0, 0.1) is 12.7 Å². The number of fused-ring (bicyclic) bond motifs is 1. The van der Waals surface area contributed by atoms with Crippen LogP contribution < -0.4 is 5.32 Å². The number of benzene rings is 3. The maximum absolute atomic E-state index is 14.7. The van der Waals surface area contributed by atoms with Crippen LogP contribution in [-0.2, 0) is 12.8 Å². The SMILES string of the molecule is Cc1cc(NC(=O)c2cc(CCc3cncc4ccccc34)c(F)cc2Cl)ccc1C(C)C. The predicted molar refractivity (Wildman–Crippen MR) is 134 cm³/mol. The topological polar surface area (TPSA) is 42.0 Å². The zero-order valence-corrected chi connectivity index (χ0v) is 19.7. The summed E-state index contributed by atoms with van der Waals surface area (Å²) >= 11 is 6.25. The lowest BCUT2D eigenvalue weighted by molar-refractivity contribution is 0.102. The Morgan fingerprint density at radius 3 is 2.55 bits per heavy atom. The Labute approximate surface area is 198 Å². The number of amides is 1. The van der Waals surface area contributed by atoms with Crippen molar-refractivity contribution in [3.05, 3.63) is 106 Å². The normalized spacial score (nSPS) is 11.2. The summed E-state index contributed by atoms with van der Waals surface area (Å²) in [6, 6.07) is 16.6. The monoisotopic (exact) mass is 460 g/mol. The molecule has 3 aromatic carbocycles. The highest BCUT2D eigenvalue weighted by Gasteiger charge is 2.16. The zero-order valence-electron chi connectivity index (χ0n) is 19.0. The summed E-state index contributed by atoms with van der Waals surface area (Å²) in [5, 5.41) is 5.13. The minimum atomic E-state index is -0.415. The van der Waals surface area contributed by atoms with Crippen LogP contribution in [0.1, 0.15) is 52.4 Å². The first-order chi connectivity index (χ1) is 15.8. The number of pyridine rings is 1. The lowest BCUT2D eigenvalue weighted by Gasteiger charge is -2.14. The Kier molecular flexibility index (Phi) is 6.75. The van der Waals surface area contributed by atoms with Crippen LogP contribution in [0.2, 0.25) is 5.02 Å². The first-order valence-corrected chi connectivity index (χ1v) is 11.4. The van der Waals surface area contributed by atoms with Crippen LogP contribution in [0.25, 0.3) is 10.8 Å². The second-order valence-corrected chi connectivity index (χ2v) is 9.03. The number of anilines is 1. The molecule has 33 heavy (non-hydrogen) atoms. The predicted octanol–water partition coefficient (Wildman–Crippen LogP) is 7.50. The van der Waals surface area contributed by atoms with Crippen LogP contribution in [0.3, 0.4) is 0 Å². The molecule has 0 atom stereocenters. The minimum absolute atomic E-state index is 0.0936. The molecule has 0 aliphatic heterocycles. The van der Waals surface area contributed by atoms with E-state index in [1.54, 1.807) is 6.07 Å². The Morgan fingerprint density at radius 1 is 1.03 bits per heavy atom. The van der Waals surface area contributed by atoms with Gasteiger partial charge in [0, 0.05) is 23.5 Å². The van der Waals surface area contributed by atoms with E-state index < -0.39 is 5.82 Å². The van der Waals surface area contributed by atoms with Crippen LogP contribution in [0.5, 0.6) is 0 Å². The first-order valence-electron chi connectivity index (χ1n) is 11.0. The van der Waals surface area contributed by atoms with E-state index in [9.17, 15) is 9.18 Å². The molecule has 1 aromatic heterocycles. The van der Waals surface area contributed by atoms with Gasteiger partial charge in [-0.05, 0) is 77.6 Å². The summed E-state index contributed by atoms with van der Waals surface area (Å²) in [5.41, 5.74) is 4.77. The fourth-order valence-corrected chi connectivity index (χ4v) is 4.44. The molecule has 0 saturated heterocycles. The summed E-state index contributed by atoms with van der Waals surface area (Å²) in [4.78, 5) is 17.2. The first kappa shape index (κ1) is 22.9. The number of rotatable bonds is 6. The zero-order chi connectivity index (χ0) is 23.5. The molecule has 5 heteroatoms. The lowest BCUT2D eigenvalue weighted by atomic mass is 9.97. The average Bonchev–Trinajstić information content (AvgIpc) is 2.78. The van der Waals surface area contributed by atoms with E-state index in [2.05, 4.69) is 24.1 Å². The van der Waals surface area contributed by atoms with Crippen LogP contribution in [0.15, 0.2) is 67.0 Å². The third kappa shape index (κ3) is 5.07. The number of hydrogen-bond donors (Lipinski definition) is 1. The molecule has 0 aliphatic rings. The highest BCUT2D eigenvalue weighted by molar-refractivity contribution is 6.34. The molecule has 0 spiro atoms. The Hall–Kier alpha value is -3.24. The lowest BCUT2D eigenvalue weighted by Crippen LogP contribution is -2.14. The molecule has 1 N–H and O–H groups in total. The van der Waals surface area contributed by atoms with Crippen molar-refractivity contribution in [3.8, 4) is 0 Å². The molecule has 0 radical (unpaired) electrons. The Balaban J connectivity index is 1.55. The fourth-order valence-electron chi connectivity index (χ4n) is 4.21. The second-order valence-electron chi connectivity index (χ2n) is 8.62. The Bertz CT molecular complexity index is 1330. The molecule has 0 aliphatic carbocycles. The quantitative estimate of drug-likeness (QED) is 0.323. The summed E-state index contributed by atoms with van der Waals surface area (Å²) in [6.45, 7) is 6.29. The van der Waals surface area contributed by atoms with Gasteiger partial charge < -0.3 is 5.32 Å². The van der Waals surface area contributed by atoms with Gasteiger partial charge in [0.15, 0.2) is 0 Å². The van der Waals surface area contributed by atoms with Crippen molar-refractivity contribution in [1.29, 1.82) is 0 Å². The van der Waals surface area contributed by atoms with Crippen molar-refractivity contribution >= 4 is 34.0 Å². The van der Waals surface area contributed by atoms with E-state index in [-0.39, 0.29) is 16.5 Å². The number of halogens is 2. The van der Waals surface area contributed by atoms with Crippen molar-refractivity contribution in [2.75, 3.05) is 5.32 Å². The molecule has 1 heterocycles. The highest BCUT2D eigenvalue weighted by atomic mass is 35.5.